The van der Waals surface area contributed by atoms with Crippen LogP contribution in [-0.2, 0) is 0 Å². The van der Waals surface area contributed by atoms with Gasteiger partial charge in [-0.2, -0.15) is 0 Å². The number of pyridine rings is 1. The van der Waals surface area contributed by atoms with Crippen LogP contribution in [0.15, 0.2) is 54.6 Å². The third-order valence-corrected chi connectivity index (χ3v) is 5.40. The first-order valence-corrected chi connectivity index (χ1v) is 10.5. The molecule has 1 aliphatic rings. The summed E-state index contributed by atoms with van der Waals surface area (Å²) < 4.78 is 5.10. The van der Waals surface area contributed by atoms with Crippen molar-refractivity contribution in [1.29, 1.82) is 0 Å². The topological polar surface area (TPSA) is 83.6 Å². The van der Waals surface area contributed by atoms with Crippen molar-refractivity contribution >= 4 is 28.5 Å². The van der Waals surface area contributed by atoms with Gasteiger partial charge in [-0.15, -0.1) is 0 Å². The summed E-state index contributed by atoms with van der Waals surface area (Å²) >= 11 is 0. The van der Waals surface area contributed by atoms with Crippen molar-refractivity contribution in [3.8, 4) is 5.75 Å². The van der Waals surface area contributed by atoms with Crippen LogP contribution in [0.25, 0.3) is 10.9 Å². The number of nitrogens with zero attached hydrogens (tertiary/aromatic N) is 2. The summed E-state index contributed by atoms with van der Waals surface area (Å²) in [5.41, 5.74) is 2.00. The Morgan fingerprint density at radius 3 is 2.35 bits per heavy atom. The lowest BCUT2D eigenvalue weighted by molar-refractivity contribution is 0.0928. The Morgan fingerprint density at radius 2 is 1.65 bits per heavy atom. The number of para-hydroxylation sites is 1. The van der Waals surface area contributed by atoms with Crippen molar-refractivity contribution in [2.75, 3.05) is 38.2 Å². The molecule has 0 saturated carbocycles. The van der Waals surface area contributed by atoms with Crippen molar-refractivity contribution in [1.82, 2.24) is 15.6 Å². The van der Waals surface area contributed by atoms with Gasteiger partial charge in [0.15, 0.2) is 0 Å². The molecular weight excluding hydrogens is 392 g/mol. The smallest absolute Gasteiger partial charge is 0.255 e. The van der Waals surface area contributed by atoms with Crippen molar-refractivity contribution < 1.29 is 14.3 Å². The molecule has 2 amide bonds. The Kier molecular flexibility index (Phi) is 6.31. The minimum atomic E-state index is -0.193. The number of carbonyl (C=O) groups is 2. The number of carbonyl (C=O) groups excluding carboxylic acids is 2. The molecule has 1 fully saturated rings. The molecule has 160 valence electrons. The molecule has 0 radical (unpaired) electrons. The van der Waals surface area contributed by atoms with Crippen molar-refractivity contribution in [3.05, 3.63) is 65.7 Å². The molecule has 1 saturated heterocycles. The van der Waals surface area contributed by atoms with E-state index in [-0.39, 0.29) is 11.8 Å². The molecule has 0 spiro atoms. The molecule has 1 aromatic heterocycles. The normalized spacial score (nSPS) is 13.3. The van der Waals surface area contributed by atoms with Gasteiger partial charge in [-0.1, -0.05) is 18.2 Å². The van der Waals surface area contributed by atoms with E-state index < -0.39 is 0 Å². The molecular formula is C24H26N4O3. The monoisotopic (exact) mass is 418 g/mol. The van der Waals surface area contributed by atoms with Crippen LogP contribution in [0.4, 0.5) is 5.82 Å². The fourth-order valence-electron chi connectivity index (χ4n) is 3.73. The van der Waals surface area contributed by atoms with Gasteiger partial charge in [-0.25, -0.2) is 4.98 Å². The number of anilines is 1. The van der Waals surface area contributed by atoms with Crippen LogP contribution in [0, 0.1) is 0 Å². The Balaban J connectivity index is 1.39. The average Bonchev–Trinajstić information content (AvgIpc) is 3.35. The lowest BCUT2D eigenvalue weighted by Gasteiger charge is -2.20. The Morgan fingerprint density at radius 1 is 0.968 bits per heavy atom. The summed E-state index contributed by atoms with van der Waals surface area (Å²) in [6.45, 7) is 2.47. The van der Waals surface area contributed by atoms with Gasteiger partial charge >= 0.3 is 0 Å². The Bertz CT molecular complexity index is 1080. The second-order valence-electron chi connectivity index (χ2n) is 7.49. The number of hydrogen-bond donors (Lipinski definition) is 2. The maximum atomic E-state index is 12.9. The summed E-state index contributed by atoms with van der Waals surface area (Å²) in [6.07, 6.45) is 2.21. The summed E-state index contributed by atoms with van der Waals surface area (Å²) in [4.78, 5) is 32.1. The SMILES string of the molecule is COc1ccc(C(=O)NCCNC(=O)c2cc3ccccc3nc2N2CCCC2)cc1. The van der Waals surface area contributed by atoms with Gasteiger partial charge in [0.05, 0.1) is 18.2 Å². The molecule has 31 heavy (non-hydrogen) atoms. The zero-order valence-corrected chi connectivity index (χ0v) is 17.6. The highest BCUT2D eigenvalue weighted by molar-refractivity contribution is 6.02. The lowest BCUT2D eigenvalue weighted by atomic mass is 10.1. The molecule has 0 unspecified atom stereocenters. The van der Waals surface area contributed by atoms with Gasteiger partial charge < -0.3 is 20.3 Å². The molecule has 2 N–H and O–H groups in total. The van der Waals surface area contributed by atoms with Gasteiger partial charge in [0, 0.05) is 37.1 Å². The number of amides is 2. The van der Waals surface area contributed by atoms with Crippen LogP contribution >= 0.6 is 0 Å². The Labute approximate surface area is 181 Å². The number of hydrogen-bond acceptors (Lipinski definition) is 5. The van der Waals surface area contributed by atoms with E-state index in [0.29, 0.717) is 30.0 Å². The second kappa shape index (κ2) is 9.47. The molecule has 0 aliphatic carbocycles. The fourth-order valence-corrected chi connectivity index (χ4v) is 3.73. The van der Waals surface area contributed by atoms with Gasteiger partial charge in [-0.3, -0.25) is 9.59 Å². The van der Waals surface area contributed by atoms with E-state index >= 15 is 0 Å². The maximum absolute atomic E-state index is 12.9. The number of fused-ring (bicyclic) bond motifs is 1. The van der Waals surface area contributed by atoms with Gasteiger partial charge in [0.1, 0.15) is 11.6 Å². The van der Waals surface area contributed by atoms with Crippen LogP contribution in [0.5, 0.6) is 5.75 Å². The number of nitrogens with one attached hydrogen (secondary N) is 2. The lowest BCUT2D eigenvalue weighted by Crippen LogP contribution is -2.35. The zero-order chi connectivity index (χ0) is 21.6. The third kappa shape index (κ3) is 4.77. The van der Waals surface area contributed by atoms with Gasteiger partial charge in [0.2, 0.25) is 0 Å². The first-order valence-electron chi connectivity index (χ1n) is 10.5. The summed E-state index contributed by atoms with van der Waals surface area (Å²) in [5.74, 6) is 1.05. The molecule has 7 nitrogen and oxygen atoms in total. The third-order valence-electron chi connectivity index (χ3n) is 5.40. The predicted molar refractivity (Wildman–Crippen MR) is 121 cm³/mol. The first-order chi connectivity index (χ1) is 15.2. The minimum Gasteiger partial charge on any atom is -0.497 e. The molecule has 0 atom stereocenters. The number of ether oxygens (including phenoxy) is 1. The van der Waals surface area contributed by atoms with Crippen LogP contribution in [-0.4, -0.2) is 50.1 Å². The number of rotatable bonds is 7. The number of methoxy groups -OCH3 is 1. The predicted octanol–water partition coefficient (Wildman–Crippen LogP) is 3.00. The largest absolute Gasteiger partial charge is 0.497 e. The highest BCUT2D eigenvalue weighted by Gasteiger charge is 2.22. The van der Waals surface area contributed by atoms with Crippen molar-refractivity contribution in [3.63, 3.8) is 0 Å². The maximum Gasteiger partial charge on any atom is 0.255 e. The van der Waals surface area contributed by atoms with E-state index in [9.17, 15) is 9.59 Å². The molecule has 4 rings (SSSR count). The molecule has 7 heteroatoms. The van der Waals surface area contributed by atoms with Crippen LogP contribution < -0.4 is 20.3 Å². The van der Waals surface area contributed by atoms with Crippen molar-refractivity contribution in [2.45, 2.75) is 12.8 Å². The first kappa shape index (κ1) is 20.7. The van der Waals surface area contributed by atoms with E-state index in [2.05, 4.69) is 15.5 Å². The van der Waals surface area contributed by atoms with E-state index in [1.54, 1.807) is 31.4 Å². The van der Waals surface area contributed by atoms with Crippen LogP contribution in [0.2, 0.25) is 0 Å². The quantitative estimate of drug-likeness (QED) is 0.577. The van der Waals surface area contributed by atoms with Gasteiger partial charge in [-0.05, 0) is 49.2 Å². The number of aromatic nitrogens is 1. The second-order valence-corrected chi connectivity index (χ2v) is 7.49. The van der Waals surface area contributed by atoms with Crippen molar-refractivity contribution in [2.24, 2.45) is 0 Å². The van der Waals surface area contributed by atoms with E-state index in [0.717, 1.165) is 42.7 Å². The summed E-state index contributed by atoms with van der Waals surface area (Å²) in [7, 11) is 1.58. The number of benzene rings is 2. The van der Waals surface area contributed by atoms with E-state index in [1.807, 2.05) is 30.3 Å². The molecule has 0 bridgehead atoms. The van der Waals surface area contributed by atoms with Gasteiger partial charge in [0.25, 0.3) is 11.8 Å². The Hall–Kier alpha value is -3.61. The highest BCUT2D eigenvalue weighted by atomic mass is 16.5. The van der Waals surface area contributed by atoms with Crippen LogP contribution in [0.3, 0.4) is 0 Å². The minimum absolute atomic E-state index is 0.182. The van der Waals surface area contributed by atoms with Crippen LogP contribution in [0.1, 0.15) is 33.6 Å². The van der Waals surface area contributed by atoms with E-state index in [1.165, 1.54) is 0 Å². The molecule has 3 aromatic rings. The summed E-state index contributed by atoms with van der Waals surface area (Å²) in [5, 5.41) is 6.67. The average molecular weight is 418 g/mol. The molecule has 1 aliphatic heterocycles. The molecule has 2 aromatic carbocycles. The zero-order valence-electron chi connectivity index (χ0n) is 17.6. The standard InChI is InChI=1S/C24H26N4O3/c1-31-19-10-8-17(9-11-19)23(29)25-12-13-26-24(30)20-16-18-6-2-3-7-21(18)27-22(20)28-14-4-5-15-28/h2-3,6-11,16H,4-5,12-15H2,1H3,(H,25,29)(H,26,30). The molecule has 2 heterocycles. The highest BCUT2D eigenvalue weighted by Crippen LogP contribution is 2.26. The summed E-state index contributed by atoms with van der Waals surface area (Å²) in [6, 6.07) is 16.6. The fraction of sp³-hybridized carbons (Fsp3) is 0.292. The van der Waals surface area contributed by atoms with E-state index in [4.69, 9.17) is 9.72 Å².